The van der Waals surface area contributed by atoms with Gasteiger partial charge in [0.1, 0.15) is 17.6 Å². The van der Waals surface area contributed by atoms with E-state index >= 15 is 0 Å². The van der Waals surface area contributed by atoms with Gasteiger partial charge in [0, 0.05) is 25.8 Å². The van der Waals surface area contributed by atoms with Crippen molar-refractivity contribution >= 4 is 17.4 Å². The molecule has 0 aromatic carbocycles. The van der Waals surface area contributed by atoms with Crippen LogP contribution in [-0.2, 0) is 11.3 Å². The first-order valence-corrected chi connectivity index (χ1v) is 6.53. The zero-order valence-corrected chi connectivity index (χ0v) is 10.9. The highest BCUT2D eigenvalue weighted by atomic mass is 35.5. The van der Waals surface area contributed by atoms with Crippen molar-refractivity contribution in [2.45, 2.75) is 32.8 Å². The molecular weight excluding hydrogens is 238 g/mol. The fourth-order valence-electron chi connectivity index (χ4n) is 1.99. The Morgan fingerprint density at radius 1 is 1.29 bits per heavy atom. The third kappa shape index (κ3) is 3.54. The zero-order valence-electron chi connectivity index (χ0n) is 10.2. The lowest BCUT2D eigenvalue weighted by Gasteiger charge is -2.27. The number of hydrogen-bond acceptors (Lipinski definition) is 4. The highest BCUT2D eigenvalue weighted by Crippen LogP contribution is 2.20. The van der Waals surface area contributed by atoms with Crippen LogP contribution in [0, 0.1) is 0 Å². The van der Waals surface area contributed by atoms with Gasteiger partial charge in [-0.2, -0.15) is 0 Å². The van der Waals surface area contributed by atoms with Crippen LogP contribution in [0.15, 0.2) is 6.07 Å². The molecule has 0 N–H and O–H groups in total. The van der Waals surface area contributed by atoms with E-state index in [4.69, 9.17) is 16.3 Å². The molecule has 5 heteroatoms. The number of aromatic nitrogens is 2. The van der Waals surface area contributed by atoms with Crippen molar-refractivity contribution in [3.05, 3.63) is 17.0 Å². The number of piperidine rings is 1. The minimum Gasteiger partial charge on any atom is -0.374 e. The molecular formula is C12H18ClN3O. The number of nitrogens with zero attached hydrogens (tertiary/aromatic N) is 3. The summed E-state index contributed by atoms with van der Waals surface area (Å²) in [6.45, 7) is 5.16. The average molecular weight is 256 g/mol. The van der Waals surface area contributed by atoms with E-state index in [1.807, 2.05) is 13.0 Å². The largest absolute Gasteiger partial charge is 0.374 e. The van der Waals surface area contributed by atoms with Gasteiger partial charge in [0.05, 0.1) is 0 Å². The summed E-state index contributed by atoms with van der Waals surface area (Å²) >= 11 is 6.01. The van der Waals surface area contributed by atoms with Crippen LogP contribution < -0.4 is 4.90 Å². The van der Waals surface area contributed by atoms with E-state index in [2.05, 4.69) is 14.9 Å². The highest BCUT2D eigenvalue weighted by Gasteiger charge is 2.14. The molecule has 1 aromatic heterocycles. The van der Waals surface area contributed by atoms with Gasteiger partial charge in [-0.3, -0.25) is 0 Å². The minimum atomic E-state index is 0.428. The summed E-state index contributed by atoms with van der Waals surface area (Å²) in [5.41, 5.74) is 0. The maximum atomic E-state index is 6.01. The number of rotatable bonds is 4. The molecule has 1 aliphatic rings. The van der Waals surface area contributed by atoms with Crippen LogP contribution in [0.3, 0.4) is 0 Å². The van der Waals surface area contributed by atoms with Crippen LogP contribution in [0.25, 0.3) is 0 Å². The molecule has 1 aliphatic heterocycles. The topological polar surface area (TPSA) is 38.2 Å². The van der Waals surface area contributed by atoms with Crippen LogP contribution in [0.2, 0.25) is 5.15 Å². The SMILES string of the molecule is CCOCc1nc(Cl)cc(N2CCCCC2)n1. The van der Waals surface area contributed by atoms with Gasteiger partial charge in [-0.15, -0.1) is 0 Å². The summed E-state index contributed by atoms with van der Waals surface area (Å²) in [5, 5.41) is 0.496. The molecule has 17 heavy (non-hydrogen) atoms. The Morgan fingerprint density at radius 3 is 2.76 bits per heavy atom. The average Bonchev–Trinajstić information content (AvgIpc) is 2.37. The Kier molecular flexibility index (Phi) is 4.57. The van der Waals surface area contributed by atoms with Crippen LogP contribution in [0.5, 0.6) is 0 Å². The molecule has 1 saturated heterocycles. The van der Waals surface area contributed by atoms with E-state index in [0.29, 0.717) is 24.2 Å². The Balaban J connectivity index is 2.12. The third-order valence-corrected chi connectivity index (χ3v) is 3.04. The van der Waals surface area contributed by atoms with Crippen molar-refractivity contribution in [2.24, 2.45) is 0 Å². The second kappa shape index (κ2) is 6.17. The van der Waals surface area contributed by atoms with E-state index in [9.17, 15) is 0 Å². The van der Waals surface area contributed by atoms with Crippen molar-refractivity contribution in [3.8, 4) is 0 Å². The Morgan fingerprint density at radius 2 is 2.06 bits per heavy atom. The lowest BCUT2D eigenvalue weighted by atomic mass is 10.1. The summed E-state index contributed by atoms with van der Waals surface area (Å²) < 4.78 is 5.31. The molecule has 0 radical (unpaired) electrons. The monoisotopic (exact) mass is 255 g/mol. The third-order valence-electron chi connectivity index (χ3n) is 2.84. The number of halogens is 1. The number of ether oxygens (including phenoxy) is 1. The molecule has 0 aliphatic carbocycles. The van der Waals surface area contributed by atoms with E-state index < -0.39 is 0 Å². The molecule has 2 rings (SSSR count). The first-order valence-electron chi connectivity index (χ1n) is 6.15. The molecule has 0 atom stereocenters. The van der Waals surface area contributed by atoms with Gasteiger partial charge in [0.15, 0.2) is 5.82 Å². The fourth-order valence-corrected chi connectivity index (χ4v) is 2.19. The van der Waals surface area contributed by atoms with Crippen molar-refractivity contribution in [1.29, 1.82) is 0 Å². The lowest BCUT2D eigenvalue weighted by molar-refractivity contribution is 0.128. The van der Waals surface area contributed by atoms with Crippen LogP contribution in [0.4, 0.5) is 5.82 Å². The smallest absolute Gasteiger partial charge is 0.158 e. The van der Waals surface area contributed by atoms with Gasteiger partial charge in [-0.05, 0) is 26.2 Å². The second-order valence-electron chi connectivity index (χ2n) is 4.15. The maximum Gasteiger partial charge on any atom is 0.158 e. The Bertz CT molecular complexity index is 367. The summed E-state index contributed by atoms with van der Waals surface area (Å²) in [4.78, 5) is 10.9. The van der Waals surface area contributed by atoms with E-state index in [1.54, 1.807) is 0 Å². The molecule has 4 nitrogen and oxygen atoms in total. The van der Waals surface area contributed by atoms with Crippen LogP contribution >= 0.6 is 11.6 Å². The predicted octanol–water partition coefficient (Wildman–Crippen LogP) is 2.66. The molecule has 0 saturated carbocycles. The normalized spacial score (nSPS) is 16.2. The Labute approximate surface area is 107 Å². The van der Waals surface area contributed by atoms with E-state index in [0.717, 1.165) is 18.9 Å². The maximum absolute atomic E-state index is 6.01. The summed E-state index contributed by atoms with van der Waals surface area (Å²) in [6, 6.07) is 1.84. The molecule has 0 unspecified atom stereocenters. The molecule has 0 bridgehead atoms. The van der Waals surface area contributed by atoms with Crippen LogP contribution in [-0.4, -0.2) is 29.7 Å². The summed E-state index contributed by atoms with van der Waals surface area (Å²) in [6.07, 6.45) is 3.76. The van der Waals surface area contributed by atoms with Gasteiger partial charge >= 0.3 is 0 Å². The molecule has 1 fully saturated rings. The second-order valence-corrected chi connectivity index (χ2v) is 4.54. The number of anilines is 1. The van der Waals surface area contributed by atoms with Gasteiger partial charge < -0.3 is 9.64 Å². The molecule has 0 amide bonds. The summed E-state index contributed by atoms with van der Waals surface area (Å²) in [5.74, 6) is 1.60. The standard InChI is InChI=1S/C12H18ClN3O/c1-2-17-9-11-14-10(13)8-12(15-11)16-6-4-3-5-7-16/h8H,2-7,9H2,1H3. The Hall–Kier alpha value is -0.870. The van der Waals surface area contributed by atoms with Gasteiger partial charge in [0.25, 0.3) is 0 Å². The lowest BCUT2D eigenvalue weighted by Crippen LogP contribution is -2.30. The van der Waals surface area contributed by atoms with E-state index in [1.165, 1.54) is 19.3 Å². The fraction of sp³-hybridized carbons (Fsp3) is 0.667. The minimum absolute atomic E-state index is 0.428. The molecule has 0 spiro atoms. The molecule has 1 aromatic rings. The van der Waals surface area contributed by atoms with Crippen molar-refractivity contribution in [1.82, 2.24) is 9.97 Å². The number of hydrogen-bond donors (Lipinski definition) is 0. The molecule has 2 heterocycles. The van der Waals surface area contributed by atoms with Gasteiger partial charge in [0.2, 0.25) is 0 Å². The van der Waals surface area contributed by atoms with Crippen LogP contribution in [0.1, 0.15) is 32.0 Å². The quantitative estimate of drug-likeness (QED) is 0.776. The predicted molar refractivity (Wildman–Crippen MR) is 68.4 cm³/mol. The van der Waals surface area contributed by atoms with Crippen molar-refractivity contribution in [3.63, 3.8) is 0 Å². The first kappa shape index (κ1) is 12.6. The first-order chi connectivity index (χ1) is 8.29. The van der Waals surface area contributed by atoms with E-state index in [-0.39, 0.29) is 0 Å². The van der Waals surface area contributed by atoms with Crippen molar-refractivity contribution in [2.75, 3.05) is 24.6 Å². The van der Waals surface area contributed by atoms with Crippen molar-refractivity contribution < 1.29 is 4.74 Å². The zero-order chi connectivity index (χ0) is 12.1. The highest BCUT2D eigenvalue weighted by molar-refractivity contribution is 6.29. The summed E-state index contributed by atoms with van der Waals surface area (Å²) in [7, 11) is 0. The molecule has 94 valence electrons. The van der Waals surface area contributed by atoms with Gasteiger partial charge in [-0.1, -0.05) is 11.6 Å². The van der Waals surface area contributed by atoms with Gasteiger partial charge in [-0.25, -0.2) is 9.97 Å².